The predicted octanol–water partition coefficient (Wildman–Crippen LogP) is 4.83. The summed E-state index contributed by atoms with van der Waals surface area (Å²) in [6.07, 6.45) is -6.66. The van der Waals surface area contributed by atoms with Crippen molar-refractivity contribution in [2.75, 3.05) is 0 Å². The standard InChI is InChI=1S/C14H8BrF5O/c15-7-1-3-9(11(5-7)14(18,19)20)13(21)10-6-8(16)2-4-12(10)17/h1-6,13,21H. The zero-order valence-electron chi connectivity index (χ0n) is 10.3. The fraction of sp³-hybridized carbons (Fsp3) is 0.143. The average molecular weight is 367 g/mol. The molecule has 0 aliphatic carbocycles. The van der Waals surface area contributed by atoms with Gasteiger partial charge in [-0.25, -0.2) is 8.78 Å². The van der Waals surface area contributed by atoms with Crippen LogP contribution < -0.4 is 0 Å². The van der Waals surface area contributed by atoms with Crippen molar-refractivity contribution in [3.63, 3.8) is 0 Å². The molecule has 0 spiro atoms. The Labute approximate surface area is 125 Å². The second-order valence-corrected chi connectivity index (χ2v) is 5.21. The smallest absolute Gasteiger partial charge is 0.384 e. The van der Waals surface area contributed by atoms with Crippen LogP contribution in [0.3, 0.4) is 0 Å². The predicted molar refractivity (Wildman–Crippen MR) is 69.6 cm³/mol. The van der Waals surface area contributed by atoms with Crippen molar-refractivity contribution >= 4 is 15.9 Å². The van der Waals surface area contributed by atoms with Gasteiger partial charge >= 0.3 is 6.18 Å². The molecule has 0 aliphatic heterocycles. The highest BCUT2D eigenvalue weighted by molar-refractivity contribution is 9.10. The Kier molecular flexibility index (Phi) is 4.34. The minimum Gasteiger partial charge on any atom is -0.384 e. The van der Waals surface area contributed by atoms with Crippen molar-refractivity contribution in [1.82, 2.24) is 0 Å². The van der Waals surface area contributed by atoms with Crippen LogP contribution in [0.4, 0.5) is 22.0 Å². The zero-order valence-corrected chi connectivity index (χ0v) is 11.8. The van der Waals surface area contributed by atoms with Gasteiger partial charge < -0.3 is 5.11 Å². The highest BCUT2D eigenvalue weighted by Gasteiger charge is 2.36. The zero-order chi connectivity index (χ0) is 15.8. The first-order valence-electron chi connectivity index (χ1n) is 5.70. The van der Waals surface area contributed by atoms with Gasteiger partial charge in [0.05, 0.1) is 5.56 Å². The van der Waals surface area contributed by atoms with Gasteiger partial charge in [0.1, 0.15) is 17.7 Å². The van der Waals surface area contributed by atoms with Gasteiger partial charge in [0.15, 0.2) is 0 Å². The van der Waals surface area contributed by atoms with E-state index in [0.29, 0.717) is 6.07 Å². The minimum atomic E-state index is -4.73. The van der Waals surface area contributed by atoms with Crippen LogP contribution in [-0.4, -0.2) is 5.11 Å². The van der Waals surface area contributed by atoms with Crippen LogP contribution in [-0.2, 0) is 6.18 Å². The molecule has 0 saturated carbocycles. The summed E-state index contributed by atoms with van der Waals surface area (Å²) in [5, 5.41) is 10.0. The van der Waals surface area contributed by atoms with E-state index in [1.165, 1.54) is 6.07 Å². The maximum atomic E-state index is 13.6. The Balaban J connectivity index is 2.58. The summed E-state index contributed by atoms with van der Waals surface area (Å²) >= 11 is 2.90. The molecule has 0 heterocycles. The third-order valence-electron chi connectivity index (χ3n) is 2.87. The number of rotatable bonds is 2. The first-order chi connectivity index (χ1) is 9.70. The van der Waals surface area contributed by atoms with Crippen LogP contribution >= 0.6 is 15.9 Å². The number of benzene rings is 2. The van der Waals surface area contributed by atoms with E-state index in [1.54, 1.807) is 0 Å². The molecule has 21 heavy (non-hydrogen) atoms. The molecule has 2 aromatic carbocycles. The highest BCUT2D eigenvalue weighted by atomic mass is 79.9. The van der Waals surface area contributed by atoms with E-state index >= 15 is 0 Å². The molecule has 0 fully saturated rings. The van der Waals surface area contributed by atoms with E-state index in [4.69, 9.17) is 0 Å². The van der Waals surface area contributed by atoms with Gasteiger partial charge in [-0.1, -0.05) is 22.0 Å². The summed E-state index contributed by atoms with van der Waals surface area (Å²) in [5.74, 6) is -1.84. The minimum absolute atomic E-state index is 0.158. The number of halogens is 6. The molecule has 1 unspecified atom stereocenters. The van der Waals surface area contributed by atoms with Crippen LogP contribution in [0.5, 0.6) is 0 Å². The molecular formula is C14H8BrF5O. The quantitative estimate of drug-likeness (QED) is 0.755. The topological polar surface area (TPSA) is 20.2 Å². The lowest BCUT2D eigenvalue weighted by Crippen LogP contribution is -2.13. The maximum absolute atomic E-state index is 13.6. The maximum Gasteiger partial charge on any atom is 0.416 e. The summed E-state index contributed by atoms with van der Waals surface area (Å²) < 4.78 is 65.8. The first-order valence-corrected chi connectivity index (χ1v) is 6.49. The number of aliphatic hydroxyl groups excluding tert-OH is 1. The Morgan fingerprint density at radius 2 is 1.62 bits per heavy atom. The lowest BCUT2D eigenvalue weighted by Gasteiger charge is -2.18. The van der Waals surface area contributed by atoms with Gasteiger partial charge in [-0.15, -0.1) is 0 Å². The van der Waals surface area contributed by atoms with Crippen molar-refractivity contribution in [3.8, 4) is 0 Å². The lowest BCUT2D eigenvalue weighted by atomic mass is 9.96. The van der Waals surface area contributed by atoms with Crippen LogP contribution in [0.1, 0.15) is 22.8 Å². The van der Waals surface area contributed by atoms with E-state index in [9.17, 15) is 27.1 Å². The number of aliphatic hydroxyl groups is 1. The van der Waals surface area contributed by atoms with E-state index < -0.39 is 40.6 Å². The van der Waals surface area contributed by atoms with Crippen molar-refractivity contribution in [2.24, 2.45) is 0 Å². The molecule has 2 rings (SSSR count). The van der Waals surface area contributed by atoms with Crippen molar-refractivity contribution < 1.29 is 27.1 Å². The van der Waals surface area contributed by atoms with E-state index in [2.05, 4.69) is 15.9 Å². The monoisotopic (exact) mass is 366 g/mol. The number of alkyl halides is 3. The second-order valence-electron chi connectivity index (χ2n) is 4.30. The van der Waals surface area contributed by atoms with E-state index in [-0.39, 0.29) is 4.47 Å². The summed E-state index contributed by atoms with van der Waals surface area (Å²) in [4.78, 5) is 0. The fourth-order valence-corrected chi connectivity index (χ4v) is 2.27. The molecule has 0 saturated heterocycles. The lowest BCUT2D eigenvalue weighted by molar-refractivity contribution is -0.139. The Hall–Kier alpha value is -1.47. The number of hydrogen-bond acceptors (Lipinski definition) is 1. The molecular weight excluding hydrogens is 359 g/mol. The van der Waals surface area contributed by atoms with Crippen LogP contribution in [0.2, 0.25) is 0 Å². The molecule has 0 aliphatic rings. The van der Waals surface area contributed by atoms with Crippen molar-refractivity contribution in [1.29, 1.82) is 0 Å². The molecule has 112 valence electrons. The molecule has 0 amide bonds. The first kappa shape index (κ1) is 15.9. The van der Waals surface area contributed by atoms with Gasteiger partial charge in [-0.05, 0) is 35.9 Å². The molecule has 7 heteroatoms. The van der Waals surface area contributed by atoms with Gasteiger partial charge in [-0.2, -0.15) is 13.2 Å². The molecule has 1 N–H and O–H groups in total. The summed E-state index contributed by atoms with van der Waals surface area (Å²) in [6.45, 7) is 0. The fourth-order valence-electron chi connectivity index (χ4n) is 1.90. The SMILES string of the molecule is OC(c1cc(F)ccc1F)c1ccc(Br)cc1C(F)(F)F. The highest BCUT2D eigenvalue weighted by Crippen LogP contribution is 2.38. The Morgan fingerprint density at radius 3 is 2.24 bits per heavy atom. The van der Waals surface area contributed by atoms with E-state index in [1.807, 2.05) is 0 Å². The average Bonchev–Trinajstić information content (AvgIpc) is 2.40. The van der Waals surface area contributed by atoms with Crippen LogP contribution in [0.25, 0.3) is 0 Å². The van der Waals surface area contributed by atoms with Gasteiger partial charge in [0.2, 0.25) is 0 Å². The van der Waals surface area contributed by atoms with Crippen molar-refractivity contribution in [3.05, 3.63) is 69.2 Å². The van der Waals surface area contributed by atoms with Gasteiger partial charge in [-0.3, -0.25) is 0 Å². The second kappa shape index (κ2) is 5.73. The summed E-state index contributed by atoms with van der Waals surface area (Å²) in [7, 11) is 0. The Morgan fingerprint density at radius 1 is 0.952 bits per heavy atom. The van der Waals surface area contributed by atoms with E-state index in [0.717, 1.165) is 24.3 Å². The third-order valence-corrected chi connectivity index (χ3v) is 3.36. The van der Waals surface area contributed by atoms with Crippen LogP contribution in [0.15, 0.2) is 40.9 Å². The van der Waals surface area contributed by atoms with Gasteiger partial charge in [0, 0.05) is 10.0 Å². The molecule has 0 bridgehead atoms. The summed E-state index contributed by atoms with van der Waals surface area (Å²) in [5.41, 5.74) is -2.22. The van der Waals surface area contributed by atoms with Crippen LogP contribution in [0, 0.1) is 11.6 Å². The largest absolute Gasteiger partial charge is 0.416 e. The molecule has 2 aromatic rings. The molecule has 0 aromatic heterocycles. The van der Waals surface area contributed by atoms with Gasteiger partial charge in [0.25, 0.3) is 0 Å². The Bertz CT molecular complexity index is 669. The molecule has 0 radical (unpaired) electrons. The normalized spacial score (nSPS) is 13.3. The molecule has 1 nitrogen and oxygen atoms in total. The van der Waals surface area contributed by atoms with Crippen molar-refractivity contribution in [2.45, 2.75) is 12.3 Å². The number of hydrogen-bond donors (Lipinski definition) is 1. The summed E-state index contributed by atoms with van der Waals surface area (Å²) in [6, 6.07) is 5.31. The third kappa shape index (κ3) is 3.41. The molecule has 1 atom stereocenters.